The predicted octanol–water partition coefficient (Wildman–Crippen LogP) is 0.959. The van der Waals surface area contributed by atoms with E-state index in [4.69, 9.17) is 5.26 Å². The molecule has 2 unspecified atom stereocenters. The van der Waals surface area contributed by atoms with Crippen LogP contribution >= 0.6 is 0 Å². The number of hydrogen-bond donors (Lipinski definition) is 2. The van der Waals surface area contributed by atoms with Crippen molar-refractivity contribution in [1.82, 2.24) is 10.6 Å². The molecule has 0 aromatic carbocycles. The lowest BCUT2D eigenvalue weighted by molar-refractivity contribution is -0.127. The third-order valence-electron chi connectivity index (χ3n) is 5.10. The molecule has 3 aliphatic carbocycles. The lowest BCUT2D eigenvalue weighted by Crippen LogP contribution is -2.39. The minimum atomic E-state index is -0.328. The van der Waals surface area contributed by atoms with Crippen molar-refractivity contribution < 1.29 is 9.59 Å². The molecule has 0 aromatic rings. The van der Waals surface area contributed by atoms with Crippen molar-refractivity contribution in [1.29, 1.82) is 5.26 Å². The molecule has 0 saturated heterocycles. The van der Waals surface area contributed by atoms with Crippen LogP contribution in [-0.2, 0) is 9.59 Å². The Bertz CT molecular complexity index is 452. The summed E-state index contributed by atoms with van der Waals surface area (Å²) in [6.07, 6.45) is 6.53. The predicted molar refractivity (Wildman–Crippen MR) is 72.2 cm³/mol. The van der Waals surface area contributed by atoms with Crippen molar-refractivity contribution in [2.45, 2.75) is 38.5 Å². The smallest absolute Gasteiger partial charge is 0.239 e. The van der Waals surface area contributed by atoms with Gasteiger partial charge in [-0.15, -0.1) is 0 Å². The molecule has 108 valence electrons. The van der Waals surface area contributed by atoms with E-state index in [0.717, 1.165) is 12.8 Å². The second kappa shape index (κ2) is 5.08. The Hall–Kier alpha value is -1.57. The Morgan fingerprint density at radius 2 is 1.80 bits per heavy atom. The monoisotopic (exact) mass is 275 g/mol. The summed E-state index contributed by atoms with van der Waals surface area (Å²) in [5.74, 6) is 1.14. The molecular weight excluding hydrogens is 254 g/mol. The third kappa shape index (κ3) is 2.65. The van der Waals surface area contributed by atoms with Gasteiger partial charge in [-0.1, -0.05) is 12.8 Å². The Labute approximate surface area is 119 Å². The number of carbonyl (C=O) groups excluding carboxylic acids is 2. The Morgan fingerprint density at radius 3 is 2.35 bits per heavy atom. The highest BCUT2D eigenvalue weighted by Crippen LogP contribution is 2.55. The van der Waals surface area contributed by atoms with Gasteiger partial charge in [-0.25, -0.2) is 0 Å². The molecule has 0 aromatic heterocycles. The topological polar surface area (TPSA) is 82.0 Å². The first-order valence-corrected chi connectivity index (χ1v) is 7.61. The number of nitrogens with one attached hydrogen (secondary N) is 2. The normalized spacial score (nSPS) is 32.5. The second-order valence-corrected chi connectivity index (χ2v) is 6.52. The summed E-state index contributed by atoms with van der Waals surface area (Å²) < 4.78 is 0. The zero-order chi connectivity index (χ0) is 14.2. The van der Waals surface area contributed by atoms with Crippen molar-refractivity contribution in [2.75, 3.05) is 13.1 Å². The van der Waals surface area contributed by atoms with E-state index in [2.05, 4.69) is 16.7 Å². The van der Waals surface area contributed by atoms with Crippen LogP contribution in [-0.4, -0.2) is 24.9 Å². The van der Waals surface area contributed by atoms with Crippen molar-refractivity contribution >= 4 is 11.8 Å². The summed E-state index contributed by atoms with van der Waals surface area (Å²) in [7, 11) is 0. The van der Waals surface area contributed by atoms with E-state index < -0.39 is 0 Å². The molecule has 3 rings (SSSR count). The molecule has 2 amide bonds. The van der Waals surface area contributed by atoms with Crippen LogP contribution in [0.5, 0.6) is 0 Å². The van der Waals surface area contributed by atoms with Crippen LogP contribution in [0.15, 0.2) is 0 Å². The van der Waals surface area contributed by atoms with Gasteiger partial charge in [0.1, 0.15) is 0 Å². The van der Waals surface area contributed by atoms with Crippen LogP contribution in [0.2, 0.25) is 0 Å². The molecule has 0 aliphatic heterocycles. The molecule has 0 heterocycles. The van der Waals surface area contributed by atoms with E-state index in [-0.39, 0.29) is 29.7 Å². The molecule has 0 radical (unpaired) electrons. The maximum Gasteiger partial charge on any atom is 0.239 e. The van der Waals surface area contributed by atoms with E-state index in [1.807, 2.05) is 0 Å². The quantitative estimate of drug-likeness (QED) is 0.784. The van der Waals surface area contributed by atoms with E-state index in [0.29, 0.717) is 18.4 Å². The van der Waals surface area contributed by atoms with Crippen molar-refractivity contribution in [2.24, 2.45) is 23.2 Å². The fraction of sp³-hybridized carbons (Fsp3) is 0.800. The van der Waals surface area contributed by atoms with Gasteiger partial charge in [0.05, 0.1) is 18.0 Å². The number of fused-ring (bicyclic) bond motifs is 1. The van der Waals surface area contributed by atoms with Gasteiger partial charge in [-0.3, -0.25) is 9.59 Å². The minimum absolute atomic E-state index is 0.0380. The van der Waals surface area contributed by atoms with Gasteiger partial charge in [0.2, 0.25) is 11.8 Å². The summed E-state index contributed by atoms with van der Waals surface area (Å²) in [5.41, 5.74) is -0.328. The van der Waals surface area contributed by atoms with E-state index in [9.17, 15) is 9.59 Å². The highest BCUT2D eigenvalue weighted by atomic mass is 16.2. The van der Waals surface area contributed by atoms with Crippen LogP contribution in [0.4, 0.5) is 0 Å². The summed E-state index contributed by atoms with van der Waals surface area (Å²) in [4.78, 5) is 23.7. The van der Waals surface area contributed by atoms with Crippen LogP contribution in [0.1, 0.15) is 38.5 Å². The van der Waals surface area contributed by atoms with E-state index in [1.54, 1.807) is 0 Å². The summed E-state index contributed by atoms with van der Waals surface area (Å²) in [5, 5.41) is 14.4. The van der Waals surface area contributed by atoms with Crippen molar-refractivity contribution in [3.8, 4) is 6.07 Å². The van der Waals surface area contributed by atoms with Gasteiger partial charge < -0.3 is 10.6 Å². The lowest BCUT2D eigenvalue weighted by Gasteiger charge is -2.09. The second-order valence-electron chi connectivity index (χ2n) is 6.52. The Morgan fingerprint density at radius 1 is 1.15 bits per heavy atom. The van der Waals surface area contributed by atoms with Crippen molar-refractivity contribution in [3.63, 3.8) is 0 Å². The average Bonchev–Trinajstić information content (AvgIpc) is 3.36. The molecule has 5 nitrogen and oxygen atoms in total. The van der Waals surface area contributed by atoms with Gasteiger partial charge in [-0.05, 0) is 37.5 Å². The Kier molecular flexibility index (Phi) is 3.41. The fourth-order valence-corrected chi connectivity index (χ4v) is 3.48. The van der Waals surface area contributed by atoms with Gasteiger partial charge in [0.25, 0.3) is 0 Å². The molecule has 3 saturated carbocycles. The van der Waals surface area contributed by atoms with Gasteiger partial charge in [0, 0.05) is 12.5 Å². The minimum Gasteiger partial charge on any atom is -0.353 e. The number of nitrogens with zero attached hydrogens (tertiary/aromatic N) is 1. The first-order valence-electron chi connectivity index (χ1n) is 7.61. The van der Waals surface area contributed by atoms with Crippen LogP contribution in [0.25, 0.3) is 0 Å². The zero-order valence-corrected chi connectivity index (χ0v) is 11.7. The van der Waals surface area contributed by atoms with E-state index >= 15 is 0 Å². The first-order chi connectivity index (χ1) is 9.65. The summed E-state index contributed by atoms with van der Waals surface area (Å²) >= 11 is 0. The SMILES string of the molecule is N#CC1(CNC(=O)CNC(=O)C2C3CCCCC32)CC1. The number of hydrogen-bond acceptors (Lipinski definition) is 3. The van der Waals surface area contributed by atoms with Gasteiger partial charge in [0.15, 0.2) is 0 Å². The van der Waals surface area contributed by atoms with Crippen molar-refractivity contribution in [3.05, 3.63) is 0 Å². The number of nitriles is 1. The average molecular weight is 275 g/mol. The highest BCUT2D eigenvalue weighted by molar-refractivity contribution is 5.87. The van der Waals surface area contributed by atoms with Crippen LogP contribution in [0.3, 0.4) is 0 Å². The van der Waals surface area contributed by atoms with E-state index in [1.165, 1.54) is 25.7 Å². The molecule has 20 heavy (non-hydrogen) atoms. The third-order valence-corrected chi connectivity index (χ3v) is 5.10. The fourth-order valence-electron chi connectivity index (χ4n) is 3.48. The Balaban J connectivity index is 1.36. The first kappa shape index (κ1) is 13.4. The highest BCUT2D eigenvalue weighted by Gasteiger charge is 2.54. The number of rotatable bonds is 5. The van der Waals surface area contributed by atoms with Crippen LogP contribution in [0, 0.1) is 34.5 Å². The molecule has 0 spiro atoms. The van der Waals surface area contributed by atoms with Gasteiger partial charge >= 0.3 is 0 Å². The molecule has 3 aliphatic rings. The van der Waals surface area contributed by atoms with Gasteiger partial charge in [-0.2, -0.15) is 5.26 Å². The molecule has 5 heteroatoms. The molecule has 2 N–H and O–H groups in total. The molecule has 3 fully saturated rings. The zero-order valence-electron chi connectivity index (χ0n) is 11.7. The number of amides is 2. The molecule has 2 atom stereocenters. The summed E-state index contributed by atoms with van der Waals surface area (Å²) in [6.45, 7) is 0.448. The number of carbonyl (C=O) groups is 2. The summed E-state index contributed by atoms with van der Waals surface area (Å²) in [6, 6.07) is 2.23. The lowest BCUT2D eigenvalue weighted by atomic mass is 10.0. The maximum atomic E-state index is 12.0. The standard InChI is InChI=1S/C15H21N3O2/c16-8-15(5-6-15)9-18-12(19)7-17-14(20)13-10-3-1-2-4-11(10)13/h10-11,13H,1-7,9H2,(H,17,20)(H,18,19). The van der Waals surface area contributed by atoms with Crippen LogP contribution < -0.4 is 10.6 Å². The molecule has 0 bridgehead atoms. The largest absolute Gasteiger partial charge is 0.353 e. The maximum absolute atomic E-state index is 12.0. The molecular formula is C15H21N3O2.